The van der Waals surface area contributed by atoms with Gasteiger partial charge in [-0.25, -0.2) is 0 Å². The van der Waals surface area contributed by atoms with E-state index in [4.69, 9.17) is 0 Å². The Bertz CT molecular complexity index is 796. The first-order valence-electron chi connectivity index (χ1n) is 8.09. The quantitative estimate of drug-likeness (QED) is 0.822. The van der Waals surface area contributed by atoms with Crippen LogP contribution in [0.25, 0.3) is 0 Å². The fraction of sp³-hybridized carbons (Fsp3) is 0.200. The summed E-state index contributed by atoms with van der Waals surface area (Å²) in [6, 6.07) is 16.5. The number of β-amino-alcohol motifs (C(OH)–C–C–N with tert-alkyl or cyclic N) is 1. The highest BCUT2D eigenvalue weighted by Crippen LogP contribution is 2.32. The summed E-state index contributed by atoms with van der Waals surface area (Å²) in [6.45, 7) is 3.98. The minimum absolute atomic E-state index is 0.0825. The van der Waals surface area contributed by atoms with Crippen molar-refractivity contribution in [1.29, 1.82) is 0 Å². The highest BCUT2D eigenvalue weighted by atomic mass is 16.3. The van der Waals surface area contributed by atoms with Crippen molar-refractivity contribution in [1.82, 2.24) is 4.90 Å². The first-order chi connectivity index (χ1) is 12.0. The van der Waals surface area contributed by atoms with Gasteiger partial charge in [-0.3, -0.25) is 9.59 Å². The third kappa shape index (κ3) is 3.61. The first-order valence-corrected chi connectivity index (χ1v) is 8.09. The lowest BCUT2D eigenvalue weighted by atomic mass is 9.86. The molecule has 2 amide bonds. The molecule has 0 aromatic heterocycles. The zero-order valence-corrected chi connectivity index (χ0v) is 13.8. The van der Waals surface area contributed by atoms with Gasteiger partial charge in [0.05, 0.1) is 19.5 Å². The summed E-state index contributed by atoms with van der Waals surface area (Å²) in [4.78, 5) is 25.6. The number of aliphatic hydroxyl groups is 1. The second-order valence-electron chi connectivity index (χ2n) is 6.17. The van der Waals surface area contributed by atoms with Gasteiger partial charge in [-0.1, -0.05) is 55.1 Å². The summed E-state index contributed by atoms with van der Waals surface area (Å²) in [6.07, 6.45) is 1.35. The Morgan fingerprint density at radius 1 is 1.12 bits per heavy atom. The Labute approximate surface area is 146 Å². The predicted octanol–water partition coefficient (Wildman–Crippen LogP) is 2.08. The van der Waals surface area contributed by atoms with Crippen molar-refractivity contribution in [3.63, 3.8) is 0 Å². The van der Waals surface area contributed by atoms with Crippen LogP contribution in [0.15, 0.2) is 67.3 Å². The SMILES string of the molecule is C=CC(=O)Nc1ccccc1CC(=O)N1CC(O)(c2ccccc2)C1. The van der Waals surface area contributed by atoms with E-state index in [2.05, 4.69) is 11.9 Å². The largest absolute Gasteiger partial charge is 0.381 e. The third-order valence-electron chi connectivity index (χ3n) is 4.37. The van der Waals surface area contributed by atoms with Crippen molar-refractivity contribution in [2.45, 2.75) is 12.0 Å². The Morgan fingerprint density at radius 3 is 2.44 bits per heavy atom. The predicted molar refractivity (Wildman–Crippen MR) is 95.9 cm³/mol. The first kappa shape index (κ1) is 16.9. The molecule has 2 aromatic rings. The Morgan fingerprint density at radius 2 is 1.76 bits per heavy atom. The second kappa shape index (κ2) is 6.91. The van der Waals surface area contributed by atoms with Gasteiger partial charge in [0.15, 0.2) is 0 Å². The van der Waals surface area contributed by atoms with Crippen LogP contribution >= 0.6 is 0 Å². The maximum absolute atomic E-state index is 12.5. The van der Waals surface area contributed by atoms with Gasteiger partial charge in [0.2, 0.25) is 11.8 Å². The average Bonchev–Trinajstić information content (AvgIpc) is 2.61. The lowest BCUT2D eigenvalue weighted by Gasteiger charge is -2.46. The van der Waals surface area contributed by atoms with E-state index in [1.807, 2.05) is 36.4 Å². The normalized spacial score (nSPS) is 15.2. The van der Waals surface area contributed by atoms with Crippen LogP contribution in [-0.2, 0) is 21.6 Å². The van der Waals surface area contributed by atoms with Crippen molar-refractivity contribution in [3.8, 4) is 0 Å². The number of carbonyl (C=O) groups excluding carboxylic acids is 2. The highest BCUT2D eigenvalue weighted by molar-refractivity contribution is 5.99. The molecule has 2 aromatic carbocycles. The Hall–Kier alpha value is -2.92. The smallest absolute Gasteiger partial charge is 0.247 e. The van der Waals surface area contributed by atoms with Gasteiger partial charge >= 0.3 is 0 Å². The molecule has 1 aliphatic rings. The monoisotopic (exact) mass is 336 g/mol. The molecule has 0 spiro atoms. The minimum atomic E-state index is -0.979. The van der Waals surface area contributed by atoms with Crippen LogP contribution in [0.3, 0.4) is 0 Å². The highest BCUT2D eigenvalue weighted by Gasteiger charge is 2.44. The van der Waals surface area contributed by atoms with Crippen LogP contribution < -0.4 is 5.32 Å². The van der Waals surface area contributed by atoms with Crippen LogP contribution in [-0.4, -0.2) is 34.9 Å². The molecule has 2 N–H and O–H groups in total. The van der Waals surface area contributed by atoms with E-state index in [0.29, 0.717) is 5.69 Å². The van der Waals surface area contributed by atoms with Gasteiger partial charge in [-0.05, 0) is 23.3 Å². The molecule has 1 fully saturated rings. The number of nitrogens with zero attached hydrogens (tertiary/aromatic N) is 1. The molecule has 1 heterocycles. The van der Waals surface area contributed by atoms with Gasteiger partial charge in [-0.15, -0.1) is 0 Å². The lowest BCUT2D eigenvalue weighted by molar-refractivity contribution is -0.156. The lowest BCUT2D eigenvalue weighted by Crippen LogP contribution is -2.61. The summed E-state index contributed by atoms with van der Waals surface area (Å²) in [7, 11) is 0. The Kier molecular flexibility index (Phi) is 4.67. The summed E-state index contributed by atoms with van der Waals surface area (Å²) >= 11 is 0. The van der Waals surface area contributed by atoms with E-state index in [0.717, 1.165) is 11.1 Å². The van der Waals surface area contributed by atoms with Crippen molar-refractivity contribution in [3.05, 3.63) is 78.4 Å². The van der Waals surface area contributed by atoms with Gasteiger partial charge in [-0.2, -0.15) is 0 Å². The molecule has 0 atom stereocenters. The molecule has 1 saturated heterocycles. The van der Waals surface area contributed by atoms with E-state index in [-0.39, 0.29) is 31.3 Å². The molecule has 0 aliphatic carbocycles. The second-order valence-corrected chi connectivity index (χ2v) is 6.17. The average molecular weight is 336 g/mol. The van der Waals surface area contributed by atoms with Crippen molar-refractivity contribution < 1.29 is 14.7 Å². The van der Waals surface area contributed by atoms with Crippen LogP contribution in [0, 0.1) is 0 Å². The van der Waals surface area contributed by atoms with Gasteiger partial charge in [0.1, 0.15) is 5.60 Å². The molecular weight excluding hydrogens is 316 g/mol. The van der Waals surface area contributed by atoms with Crippen molar-refractivity contribution >= 4 is 17.5 Å². The third-order valence-corrected chi connectivity index (χ3v) is 4.37. The molecule has 3 rings (SSSR count). The molecular formula is C20H20N2O3. The molecule has 5 nitrogen and oxygen atoms in total. The maximum atomic E-state index is 12.5. The van der Waals surface area contributed by atoms with Crippen LogP contribution in [0.5, 0.6) is 0 Å². The van der Waals surface area contributed by atoms with Gasteiger partial charge < -0.3 is 15.3 Å². The molecule has 128 valence electrons. The van der Waals surface area contributed by atoms with E-state index < -0.39 is 5.60 Å². The number of likely N-dealkylation sites (tertiary alicyclic amines) is 1. The standard InChI is InChI=1S/C20H20N2O3/c1-2-18(23)21-17-11-7-6-8-15(17)12-19(24)22-13-20(25,14-22)16-9-4-3-5-10-16/h2-11,25H,1,12-14H2,(H,21,23). The van der Waals surface area contributed by atoms with E-state index >= 15 is 0 Å². The number of benzene rings is 2. The fourth-order valence-corrected chi connectivity index (χ4v) is 2.95. The van der Waals surface area contributed by atoms with Crippen LogP contribution in [0.1, 0.15) is 11.1 Å². The van der Waals surface area contributed by atoms with Crippen molar-refractivity contribution in [2.75, 3.05) is 18.4 Å². The van der Waals surface area contributed by atoms with E-state index in [9.17, 15) is 14.7 Å². The molecule has 0 unspecified atom stereocenters. The van der Waals surface area contributed by atoms with Crippen LogP contribution in [0.4, 0.5) is 5.69 Å². The fourth-order valence-electron chi connectivity index (χ4n) is 2.95. The van der Waals surface area contributed by atoms with Gasteiger partial charge in [0.25, 0.3) is 0 Å². The zero-order valence-electron chi connectivity index (χ0n) is 13.8. The maximum Gasteiger partial charge on any atom is 0.247 e. The molecule has 0 radical (unpaired) electrons. The van der Waals surface area contributed by atoms with Crippen LogP contribution in [0.2, 0.25) is 0 Å². The zero-order chi connectivity index (χ0) is 17.9. The Balaban J connectivity index is 1.65. The number of anilines is 1. The molecule has 1 aliphatic heterocycles. The number of amides is 2. The minimum Gasteiger partial charge on any atom is -0.381 e. The summed E-state index contributed by atoms with van der Waals surface area (Å²) in [5.41, 5.74) is 1.17. The summed E-state index contributed by atoms with van der Waals surface area (Å²) in [5.74, 6) is -0.400. The number of hydrogen-bond acceptors (Lipinski definition) is 3. The summed E-state index contributed by atoms with van der Waals surface area (Å²) in [5, 5.41) is 13.3. The number of carbonyl (C=O) groups is 2. The summed E-state index contributed by atoms with van der Waals surface area (Å²) < 4.78 is 0. The number of rotatable bonds is 5. The molecule has 0 bridgehead atoms. The molecule has 0 saturated carbocycles. The molecule has 25 heavy (non-hydrogen) atoms. The number of para-hydroxylation sites is 1. The van der Waals surface area contributed by atoms with Gasteiger partial charge in [0, 0.05) is 5.69 Å². The topological polar surface area (TPSA) is 69.6 Å². The number of nitrogens with one attached hydrogen (secondary N) is 1. The van der Waals surface area contributed by atoms with E-state index in [1.165, 1.54) is 6.08 Å². The number of hydrogen-bond donors (Lipinski definition) is 2. The van der Waals surface area contributed by atoms with Crippen molar-refractivity contribution in [2.24, 2.45) is 0 Å². The molecule has 5 heteroatoms. The van der Waals surface area contributed by atoms with E-state index in [1.54, 1.807) is 23.1 Å².